The third kappa shape index (κ3) is 2.91. The van der Waals surface area contributed by atoms with Gasteiger partial charge in [0.2, 0.25) is 5.91 Å². The fourth-order valence-electron chi connectivity index (χ4n) is 1.29. The molecule has 16 heavy (non-hydrogen) atoms. The van der Waals surface area contributed by atoms with E-state index < -0.39 is 0 Å². The molecular weight excluding hydrogens is 204 g/mol. The van der Waals surface area contributed by atoms with Crippen molar-refractivity contribution in [2.45, 2.75) is 13.0 Å². The van der Waals surface area contributed by atoms with Gasteiger partial charge in [-0.15, -0.1) is 0 Å². The molecule has 0 saturated heterocycles. The zero-order valence-electron chi connectivity index (χ0n) is 8.71. The minimum absolute atomic E-state index is 0.0487. The van der Waals surface area contributed by atoms with Gasteiger partial charge in [0.05, 0.1) is 6.33 Å². The molecular formula is C11H12N4O. The molecule has 2 rings (SSSR count). The van der Waals surface area contributed by atoms with Gasteiger partial charge in [0.15, 0.2) is 0 Å². The van der Waals surface area contributed by atoms with Gasteiger partial charge in [0.1, 0.15) is 5.82 Å². The summed E-state index contributed by atoms with van der Waals surface area (Å²) in [5.74, 6) is 0.533. The molecule has 0 spiro atoms. The van der Waals surface area contributed by atoms with Crippen LogP contribution in [0, 0.1) is 0 Å². The van der Waals surface area contributed by atoms with Crippen molar-refractivity contribution in [3.63, 3.8) is 0 Å². The van der Waals surface area contributed by atoms with Crippen molar-refractivity contribution < 1.29 is 4.79 Å². The summed E-state index contributed by atoms with van der Waals surface area (Å²) in [5, 5.41) is 2.72. The average molecular weight is 216 g/mol. The normalized spacial score (nSPS) is 10.0. The summed E-state index contributed by atoms with van der Waals surface area (Å²) >= 11 is 0. The van der Waals surface area contributed by atoms with Crippen molar-refractivity contribution in [2.75, 3.05) is 5.32 Å². The van der Waals surface area contributed by atoms with Crippen LogP contribution in [0.5, 0.6) is 0 Å². The second-order valence-corrected chi connectivity index (χ2v) is 3.31. The highest BCUT2D eigenvalue weighted by Crippen LogP contribution is 2.01. The number of pyridine rings is 1. The number of aromatic nitrogens is 3. The van der Waals surface area contributed by atoms with Crippen LogP contribution in [0.25, 0.3) is 0 Å². The number of aryl methyl sites for hydroxylation is 1. The van der Waals surface area contributed by atoms with Gasteiger partial charge in [-0.2, -0.15) is 0 Å². The molecule has 1 amide bonds. The number of hydrogen-bond acceptors (Lipinski definition) is 3. The van der Waals surface area contributed by atoms with Crippen LogP contribution in [0.4, 0.5) is 5.82 Å². The molecule has 1 N–H and O–H groups in total. The fourth-order valence-corrected chi connectivity index (χ4v) is 1.29. The molecule has 0 aliphatic heterocycles. The van der Waals surface area contributed by atoms with E-state index in [0.717, 1.165) is 0 Å². The predicted molar refractivity (Wildman–Crippen MR) is 59.7 cm³/mol. The molecule has 5 heteroatoms. The van der Waals surface area contributed by atoms with Crippen molar-refractivity contribution >= 4 is 11.7 Å². The summed E-state index contributed by atoms with van der Waals surface area (Å²) < 4.78 is 1.86. The summed E-state index contributed by atoms with van der Waals surface area (Å²) in [5.41, 5.74) is 0. The van der Waals surface area contributed by atoms with E-state index in [2.05, 4.69) is 15.3 Å². The van der Waals surface area contributed by atoms with Crippen molar-refractivity contribution in [1.82, 2.24) is 14.5 Å². The second kappa shape index (κ2) is 5.06. The van der Waals surface area contributed by atoms with Crippen LogP contribution in [-0.4, -0.2) is 20.4 Å². The molecule has 0 bridgehead atoms. The lowest BCUT2D eigenvalue weighted by atomic mass is 10.4. The fraction of sp³-hybridized carbons (Fsp3) is 0.182. The largest absolute Gasteiger partial charge is 0.337 e. The number of amides is 1. The molecule has 82 valence electrons. The van der Waals surface area contributed by atoms with Crippen LogP contribution in [-0.2, 0) is 11.3 Å². The van der Waals surface area contributed by atoms with Crippen LogP contribution in [0.3, 0.4) is 0 Å². The maximum atomic E-state index is 11.5. The van der Waals surface area contributed by atoms with E-state index >= 15 is 0 Å². The SMILES string of the molecule is O=C(CCn1ccnc1)Nc1ccccn1. The van der Waals surface area contributed by atoms with Crippen LogP contribution >= 0.6 is 0 Å². The monoisotopic (exact) mass is 216 g/mol. The molecule has 0 saturated carbocycles. The Labute approximate surface area is 93.2 Å². The van der Waals surface area contributed by atoms with E-state index in [1.807, 2.05) is 16.8 Å². The molecule has 0 unspecified atom stereocenters. The maximum absolute atomic E-state index is 11.5. The number of rotatable bonds is 4. The van der Waals surface area contributed by atoms with Crippen LogP contribution in [0.15, 0.2) is 43.1 Å². The molecule has 0 aromatic carbocycles. The van der Waals surface area contributed by atoms with Crippen LogP contribution < -0.4 is 5.32 Å². The summed E-state index contributed by atoms with van der Waals surface area (Å²) in [6.45, 7) is 0.624. The Morgan fingerprint density at radius 2 is 2.31 bits per heavy atom. The number of anilines is 1. The lowest BCUT2D eigenvalue weighted by Gasteiger charge is -2.04. The topological polar surface area (TPSA) is 59.8 Å². The van der Waals surface area contributed by atoms with Gasteiger partial charge >= 0.3 is 0 Å². The number of nitrogens with one attached hydrogen (secondary N) is 1. The first-order chi connectivity index (χ1) is 7.84. The zero-order valence-corrected chi connectivity index (χ0v) is 8.71. The first-order valence-corrected chi connectivity index (χ1v) is 5.01. The standard InChI is InChI=1S/C11H12N4O/c16-11(4-7-15-8-6-12-9-15)14-10-3-1-2-5-13-10/h1-3,5-6,8-9H,4,7H2,(H,13,14,16). The van der Waals surface area contributed by atoms with E-state index in [1.165, 1.54) is 0 Å². The summed E-state index contributed by atoms with van der Waals surface area (Å²) in [4.78, 5) is 19.4. The van der Waals surface area contributed by atoms with E-state index in [1.54, 1.807) is 30.9 Å². The third-order valence-corrected chi connectivity index (χ3v) is 2.09. The quantitative estimate of drug-likeness (QED) is 0.838. The second-order valence-electron chi connectivity index (χ2n) is 3.31. The zero-order chi connectivity index (χ0) is 11.2. The Morgan fingerprint density at radius 3 is 3.00 bits per heavy atom. The minimum atomic E-state index is -0.0487. The average Bonchev–Trinajstić information content (AvgIpc) is 2.81. The van der Waals surface area contributed by atoms with E-state index in [0.29, 0.717) is 18.8 Å². The van der Waals surface area contributed by atoms with Crippen molar-refractivity contribution in [1.29, 1.82) is 0 Å². The Bertz CT molecular complexity index is 438. The maximum Gasteiger partial charge on any atom is 0.227 e. The Morgan fingerprint density at radius 1 is 1.38 bits per heavy atom. The highest BCUT2D eigenvalue weighted by molar-refractivity contribution is 5.89. The van der Waals surface area contributed by atoms with Crippen LogP contribution in [0.2, 0.25) is 0 Å². The summed E-state index contributed by atoms with van der Waals surface area (Å²) in [7, 11) is 0. The smallest absolute Gasteiger partial charge is 0.227 e. The summed E-state index contributed by atoms with van der Waals surface area (Å²) in [6, 6.07) is 5.40. The Balaban J connectivity index is 1.81. The van der Waals surface area contributed by atoms with Gasteiger partial charge in [-0.25, -0.2) is 9.97 Å². The molecule has 0 aliphatic carbocycles. The van der Waals surface area contributed by atoms with Gasteiger partial charge < -0.3 is 9.88 Å². The number of nitrogens with zero attached hydrogens (tertiary/aromatic N) is 3. The molecule has 0 radical (unpaired) electrons. The molecule has 2 aromatic heterocycles. The minimum Gasteiger partial charge on any atom is -0.337 e. The Kier molecular flexibility index (Phi) is 3.28. The van der Waals surface area contributed by atoms with Gasteiger partial charge in [-0.05, 0) is 12.1 Å². The summed E-state index contributed by atoms with van der Waals surface area (Å²) in [6.07, 6.45) is 7.26. The number of imidazole rings is 1. The van der Waals surface area contributed by atoms with Crippen molar-refractivity contribution in [3.05, 3.63) is 43.1 Å². The van der Waals surface area contributed by atoms with Gasteiger partial charge in [0.25, 0.3) is 0 Å². The number of carbonyl (C=O) groups excluding carboxylic acids is 1. The third-order valence-electron chi connectivity index (χ3n) is 2.09. The molecule has 0 atom stereocenters. The predicted octanol–water partition coefficient (Wildman–Crippen LogP) is 1.31. The van der Waals surface area contributed by atoms with Crippen molar-refractivity contribution in [3.8, 4) is 0 Å². The van der Waals surface area contributed by atoms with E-state index in [4.69, 9.17) is 0 Å². The molecule has 2 aromatic rings. The lowest BCUT2D eigenvalue weighted by Crippen LogP contribution is -2.14. The lowest BCUT2D eigenvalue weighted by molar-refractivity contribution is -0.116. The molecule has 0 aliphatic rings. The van der Waals surface area contributed by atoms with Crippen LogP contribution in [0.1, 0.15) is 6.42 Å². The highest BCUT2D eigenvalue weighted by Gasteiger charge is 2.02. The first kappa shape index (κ1) is 10.4. The van der Waals surface area contributed by atoms with Gasteiger partial charge in [-0.1, -0.05) is 6.07 Å². The van der Waals surface area contributed by atoms with E-state index in [9.17, 15) is 4.79 Å². The number of carbonyl (C=O) groups is 1. The van der Waals surface area contributed by atoms with Gasteiger partial charge in [-0.3, -0.25) is 4.79 Å². The number of hydrogen-bond donors (Lipinski definition) is 1. The Hall–Kier alpha value is -2.17. The molecule has 2 heterocycles. The molecule has 0 fully saturated rings. The molecule has 5 nitrogen and oxygen atoms in total. The highest BCUT2D eigenvalue weighted by atomic mass is 16.1. The first-order valence-electron chi connectivity index (χ1n) is 5.01. The van der Waals surface area contributed by atoms with Crippen molar-refractivity contribution in [2.24, 2.45) is 0 Å². The van der Waals surface area contributed by atoms with Gasteiger partial charge in [0, 0.05) is 31.6 Å². The van der Waals surface area contributed by atoms with E-state index in [-0.39, 0.29) is 5.91 Å².